The Hall–Kier alpha value is -2.49. The average Bonchev–Trinajstić information content (AvgIpc) is 3.28. The van der Waals surface area contributed by atoms with Crippen molar-refractivity contribution >= 4 is 44.3 Å². The number of halogens is 1. The number of rotatable bonds is 6. The predicted molar refractivity (Wildman–Crippen MR) is 120 cm³/mol. The number of nitrogens with one attached hydrogen (secondary N) is 1. The van der Waals surface area contributed by atoms with E-state index in [0.29, 0.717) is 29.3 Å². The third-order valence-corrected chi connectivity index (χ3v) is 7.93. The summed E-state index contributed by atoms with van der Waals surface area (Å²) in [6.07, 6.45) is 1.78. The van der Waals surface area contributed by atoms with E-state index >= 15 is 0 Å². The number of pyridine rings is 1. The quantitative estimate of drug-likeness (QED) is 0.559. The molecule has 0 unspecified atom stereocenters. The summed E-state index contributed by atoms with van der Waals surface area (Å²) in [5.41, 5.74) is 1.96. The third kappa shape index (κ3) is 4.89. The Morgan fingerprint density at radius 2 is 1.94 bits per heavy atom. The van der Waals surface area contributed by atoms with Gasteiger partial charge in [0, 0.05) is 24.2 Å². The topological polar surface area (TPSA) is 79.4 Å². The number of fused-ring (bicyclic) bond motifs is 1. The van der Waals surface area contributed by atoms with Crippen molar-refractivity contribution in [2.75, 3.05) is 24.2 Å². The molecule has 1 saturated heterocycles. The Bertz CT molecular complexity index is 1240. The number of aromatic nitrogens is 1. The molecule has 0 aliphatic carbocycles. The number of sulfonamides is 1. The van der Waals surface area contributed by atoms with Crippen LogP contribution in [0.25, 0.3) is 10.9 Å². The van der Waals surface area contributed by atoms with Crippen LogP contribution in [0.2, 0.25) is 0 Å². The van der Waals surface area contributed by atoms with Crippen molar-refractivity contribution in [1.29, 1.82) is 0 Å². The maximum absolute atomic E-state index is 13.2. The molecular formula is C22H22FN3O3S2. The van der Waals surface area contributed by atoms with E-state index in [1.54, 1.807) is 24.3 Å². The number of hydrogen-bond donors (Lipinski definition) is 1. The highest BCUT2D eigenvalue weighted by molar-refractivity contribution is 7.99. The van der Waals surface area contributed by atoms with Crippen molar-refractivity contribution in [2.45, 2.75) is 29.7 Å². The van der Waals surface area contributed by atoms with Crippen LogP contribution in [0.4, 0.5) is 10.1 Å². The van der Waals surface area contributed by atoms with Crippen molar-refractivity contribution < 1.29 is 17.6 Å². The van der Waals surface area contributed by atoms with Gasteiger partial charge in [0.2, 0.25) is 15.9 Å². The van der Waals surface area contributed by atoms with Crippen molar-refractivity contribution in [2.24, 2.45) is 0 Å². The minimum atomic E-state index is -3.49. The summed E-state index contributed by atoms with van der Waals surface area (Å²) in [5.74, 6) is -0.554. The van der Waals surface area contributed by atoms with Gasteiger partial charge >= 0.3 is 0 Å². The number of amides is 1. The first-order chi connectivity index (χ1) is 14.8. The van der Waals surface area contributed by atoms with Gasteiger partial charge in [0.1, 0.15) is 5.82 Å². The molecule has 1 fully saturated rings. The Labute approximate surface area is 184 Å². The van der Waals surface area contributed by atoms with Gasteiger partial charge in [-0.25, -0.2) is 17.8 Å². The van der Waals surface area contributed by atoms with E-state index in [0.717, 1.165) is 23.8 Å². The molecule has 0 radical (unpaired) electrons. The van der Waals surface area contributed by atoms with E-state index in [1.165, 1.54) is 34.3 Å². The number of benzene rings is 2. The number of anilines is 1. The van der Waals surface area contributed by atoms with Crippen LogP contribution in [0.15, 0.2) is 58.5 Å². The van der Waals surface area contributed by atoms with E-state index in [2.05, 4.69) is 10.3 Å². The molecule has 1 aromatic heterocycles. The fourth-order valence-corrected chi connectivity index (χ4v) is 5.88. The van der Waals surface area contributed by atoms with Gasteiger partial charge in [0.15, 0.2) is 0 Å². The minimum absolute atomic E-state index is 0.121. The molecule has 162 valence electrons. The van der Waals surface area contributed by atoms with Gasteiger partial charge in [-0.1, -0.05) is 17.8 Å². The smallest absolute Gasteiger partial charge is 0.243 e. The van der Waals surface area contributed by atoms with E-state index in [9.17, 15) is 17.6 Å². The highest BCUT2D eigenvalue weighted by Crippen LogP contribution is 2.28. The van der Waals surface area contributed by atoms with Crippen LogP contribution in [0.3, 0.4) is 0 Å². The summed E-state index contributed by atoms with van der Waals surface area (Å²) in [6.45, 7) is 3.02. The van der Waals surface area contributed by atoms with E-state index in [-0.39, 0.29) is 16.6 Å². The molecule has 1 amide bonds. The van der Waals surface area contributed by atoms with Gasteiger partial charge in [-0.15, -0.1) is 0 Å². The third-order valence-electron chi connectivity index (χ3n) is 5.13. The molecule has 0 saturated carbocycles. The average molecular weight is 460 g/mol. The summed E-state index contributed by atoms with van der Waals surface area (Å²) >= 11 is 1.27. The molecule has 1 N–H and O–H groups in total. The van der Waals surface area contributed by atoms with Crippen LogP contribution in [0.5, 0.6) is 0 Å². The highest BCUT2D eigenvalue weighted by Gasteiger charge is 2.27. The van der Waals surface area contributed by atoms with Gasteiger partial charge in [-0.3, -0.25) is 4.79 Å². The number of carbonyl (C=O) groups is 1. The van der Waals surface area contributed by atoms with E-state index in [1.807, 2.05) is 13.0 Å². The standard InChI is InChI=1S/C22H22FN3O3S2/c1-15-11-22(30-14-21(27)24-17-6-4-5-16(23)12-17)25-20-8-7-18(13-19(15)20)31(28,29)26-9-2-3-10-26/h4-8,11-13H,2-3,9-10,14H2,1H3,(H,24,27). The Morgan fingerprint density at radius 1 is 1.16 bits per heavy atom. The molecule has 1 aliphatic heterocycles. The Balaban J connectivity index is 1.49. The number of thioether (sulfide) groups is 1. The fraction of sp³-hybridized carbons (Fsp3) is 0.273. The molecule has 4 rings (SSSR count). The lowest BCUT2D eigenvalue weighted by molar-refractivity contribution is -0.113. The van der Waals surface area contributed by atoms with Crippen LogP contribution in [0.1, 0.15) is 18.4 Å². The Kier molecular flexibility index (Phi) is 6.27. The van der Waals surface area contributed by atoms with Gasteiger partial charge in [-0.2, -0.15) is 4.31 Å². The zero-order valence-corrected chi connectivity index (χ0v) is 18.6. The normalized spacial score (nSPS) is 14.8. The van der Waals surface area contributed by atoms with Crippen molar-refractivity contribution in [3.05, 3.63) is 59.9 Å². The van der Waals surface area contributed by atoms with E-state index in [4.69, 9.17) is 0 Å². The zero-order valence-electron chi connectivity index (χ0n) is 17.0. The van der Waals surface area contributed by atoms with Crippen molar-refractivity contribution in [3.63, 3.8) is 0 Å². The lowest BCUT2D eigenvalue weighted by Gasteiger charge is -2.16. The van der Waals surface area contributed by atoms with Crippen molar-refractivity contribution in [1.82, 2.24) is 9.29 Å². The monoisotopic (exact) mass is 459 g/mol. The number of hydrogen-bond acceptors (Lipinski definition) is 5. The second-order valence-electron chi connectivity index (χ2n) is 7.41. The largest absolute Gasteiger partial charge is 0.325 e. The van der Waals surface area contributed by atoms with Gasteiger partial charge in [-0.05, 0) is 67.8 Å². The predicted octanol–water partition coefficient (Wildman–Crippen LogP) is 4.20. The number of nitrogens with zero attached hydrogens (tertiary/aromatic N) is 2. The molecule has 9 heteroatoms. The summed E-state index contributed by atoms with van der Waals surface area (Å²) in [6, 6.07) is 12.5. The van der Waals surface area contributed by atoms with Crippen LogP contribution < -0.4 is 5.32 Å². The van der Waals surface area contributed by atoms with Gasteiger partial charge in [0.05, 0.1) is 21.2 Å². The number of aryl methyl sites for hydroxylation is 1. The molecule has 6 nitrogen and oxygen atoms in total. The minimum Gasteiger partial charge on any atom is -0.325 e. The summed E-state index contributed by atoms with van der Waals surface area (Å²) < 4.78 is 40.4. The first-order valence-electron chi connectivity index (χ1n) is 9.93. The second-order valence-corrected chi connectivity index (χ2v) is 10.3. The molecule has 0 atom stereocenters. The molecule has 3 aromatic rings. The molecule has 31 heavy (non-hydrogen) atoms. The second kappa shape index (κ2) is 8.94. The van der Waals surface area contributed by atoms with Crippen LogP contribution in [-0.2, 0) is 14.8 Å². The zero-order chi connectivity index (χ0) is 22.0. The summed E-state index contributed by atoms with van der Waals surface area (Å²) in [7, 11) is -3.49. The van der Waals surface area contributed by atoms with E-state index < -0.39 is 15.8 Å². The molecule has 2 aromatic carbocycles. The molecule has 1 aliphatic rings. The number of carbonyl (C=O) groups excluding carboxylic acids is 1. The molecule has 0 bridgehead atoms. The fourth-order valence-electron chi connectivity index (χ4n) is 3.56. The van der Waals surface area contributed by atoms with Crippen LogP contribution in [0, 0.1) is 12.7 Å². The maximum atomic E-state index is 13.2. The highest BCUT2D eigenvalue weighted by atomic mass is 32.2. The summed E-state index contributed by atoms with van der Waals surface area (Å²) in [5, 5.41) is 4.09. The van der Waals surface area contributed by atoms with Gasteiger partial charge in [0.25, 0.3) is 0 Å². The SMILES string of the molecule is Cc1cc(SCC(=O)Nc2cccc(F)c2)nc2ccc(S(=O)(=O)N3CCCC3)cc12. The Morgan fingerprint density at radius 3 is 2.68 bits per heavy atom. The molecule has 2 heterocycles. The van der Waals surface area contributed by atoms with Crippen LogP contribution >= 0.6 is 11.8 Å². The van der Waals surface area contributed by atoms with Gasteiger partial charge < -0.3 is 5.32 Å². The first-order valence-corrected chi connectivity index (χ1v) is 12.4. The van der Waals surface area contributed by atoms with Crippen molar-refractivity contribution in [3.8, 4) is 0 Å². The summed E-state index contributed by atoms with van der Waals surface area (Å²) in [4.78, 5) is 17.0. The lowest BCUT2D eigenvalue weighted by Crippen LogP contribution is -2.27. The molecular weight excluding hydrogens is 437 g/mol. The van der Waals surface area contributed by atoms with Crippen LogP contribution in [-0.4, -0.2) is 42.5 Å². The maximum Gasteiger partial charge on any atom is 0.243 e. The molecule has 0 spiro atoms. The lowest BCUT2D eigenvalue weighted by atomic mass is 10.1. The first kappa shape index (κ1) is 21.7.